The minimum atomic E-state index is 0.681. The number of hydrogen-bond donors (Lipinski definition) is 1. The highest BCUT2D eigenvalue weighted by Crippen LogP contribution is 2.27. The highest BCUT2D eigenvalue weighted by Gasteiger charge is 2.12. The number of aromatic nitrogens is 3. The van der Waals surface area contributed by atoms with Gasteiger partial charge in [-0.2, -0.15) is 0 Å². The molecule has 0 amide bonds. The normalized spacial score (nSPS) is 11.1. The lowest BCUT2D eigenvalue weighted by atomic mass is 10.1. The summed E-state index contributed by atoms with van der Waals surface area (Å²) in [4.78, 5) is 0. The Hall–Kier alpha value is -2.79. The van der Waals surface area contributed by atoms with Crippen LogP contribution in [-0.2, 0) is 5.75 Å². The Labute approximate surface area is 150 Å². The lowest BCUT2D eigenvalue weighted by Crippen LogP contribution is -2.11. The molecule has 0 bridgehead atoms. The number of nitrogens with two attached hydrogens (primary N) is 1. The molecule has 0 atom stereocenters. The minimum Gasteiger partial charge on any atom is -0.335 e. The molecular weight excluding hydrogens is 328 g/mol. The van der Waals surface area contributed by atoms with Crippen LogP contribution in [0.15, 0.2) is 71.9 Å². The molecule has 0 saturated heterocycles. The van der Waals surface area contributed by atoms with Crippen molar-refractivity contribution in [2.45, 2.75) is 17.8 Å². The third-order valence-corrected chi connectivity index (χ3v) is 5.20. The van der Waals surface area contributed by atoms with E-state index in [1.807, 2.05) is 24.3 Å². The van der Waals surface area contributed by atoms with Crippen molar-refractivity contribution in [2.24, 2.45) is 0 Å². The summed E-state index contributed by atoms with van der Waals surface area (Å²) < 4.78 is 1.57. The van der Waals surface area contributed by atoms with E-state index in [4.69, 9.17) is 5.84 Å². The van der Waals surface area contributed by atoms with Crippen molar-refractivity contribution in [1.82, 2.24) is 14.9 Å². The van der Waals surface area contributed by atoms with Crippen LogP contribution in [0.25, 0.3) is 22.2 Å². The first-order chi connectivity index (χ1) is 12.2. The second-order valence-electron chi connectivity index (χ2n) is 5.97. The molecule has 0 unspecified atom stereocenters. The van der Waals surface area contributed by atoms with Crippen molar-refractivity contribution >= 4 is 22.5 Å². The Morgan fingerprint density at radius 2 is 1.68 bits per heavy atom. The van der Waals surface area contributed by atoms with Crippen molar-refractivity contribution in [3.05, 3.63) is 77.9 Å². The first-order valence-electron chi connectivity index (χ1n) is 8.09. The molecule has 4 rings (SSSR count). The van der Waals surface area contributed by atoms with Crippen molar-refractivity contribution < 1.29 is 0 Å². The van der Waals surface area contributed by atoms with Gasteiger partial charge in [0.05, 0.1) is 0 Å². The molecule has 124 valence electrons. The molecule has 0 saturated carbocycles. The Morgan fingerprint density at radius 1 is 0.920 bits per heavy atom. The monoisotopic (exact) mass is 346 g/mol. The number of hydrogen-bond acceptors (Lipinski definition) is 4. The maximum absolute atomic E-state index is 6.22. The van der Waals surface area contributed by atoms with Gasteiger partial charge in [-0.1, -0.05) is 84.1 Å². The zero-order valence-corrected chi connectivity index (χ0v) is 14.7. The summed E-state index contributed by atoms with van der Waals surface area (Å²) in [6.45, 7) is 2.06. The molecule has 0 aliphatic rings. The number of benzene rings is 3. The lowest BCUT2D eigenvalue weighted by molar-refractivity contribution is 0.849. The number of rotatable bonds is 4. The zero-order chi connectivity index (χ0) is 17.2. The van der Waals surface area contributed by atoms with E-state index in [0.29, 0.717) is 11.0 Å². The molecule has 3 aromatic carbocycles. The molecule has 0 radical (unpaired) electrons. The Kier molecular flexibility index (Phi) is 4.15. The summed E-state index contributed by atoms with van der Waals surface area (Å²) in [5, 5.41) is 11.7. The molecular formula is C20H18N4S. The number of nitrogen functional groups attached to an aromatic ring is 1. The molecule has 0 aliphatic carbocycles. The Morgan fingerprint density at radius 3 is 2.52 bits per heavy atom. The number of thioether (sulfide) groups is 1. The van der Waals surface area contributed by atoms with Crippen LogP contribution < -0.4 is 5.84 Å². The molecule has 0 spiro atoms. The molecule has 5 heteroatoms. The second-order valence-corrected chi connectivity index (χ2v) is 6.91. The van der Waals surface area contributed by atoms with Gasteiger partial charge in [0, 0.05) is 11.3 Å². The molecule has 1 aromatic heterocycles. The van der Waals surface area contributed by atoms with Crippen LogP contribution in [0.3, 0.4) is 0 Å². The standard InChI is InChI=1S/C20H18N4S/c1-14-9-11-16(12-10-14)19-22-23-20(24(19)21)25-13-17-7-4-6-15-5-2-3-8-18(15)17/h2-12H,13,21H2,1H3. The van der Waals surface area contributed by atoms with E-state index in [9.17, 15) is 0 Å². The van der Waals surface area contributed by atoms with Crippen LogP contribution in [0.1, 0.15) is 11.1 Å². The van der Waals surface area contributed by atoms with Gasteiger partial charge >= 0.3 is 0 Å². The van der Waals surface area contributed by atoms with Crippen LogP contribution in [-0.4, -0.2) is 14.9 Å². The van der Waals surface area contributed by atoms with E-state index in [1.54, 1.807) is 16.4 Å². The Bertz CT molecular complexity index is 1020. The van der Waals surface area contributed by atoms with Gasteiger partial charge in [-0.15, -0.1) is 10.2 Å². The quantitative estimate of drug-likeness (QED) is 0.439. The van der Waals surface area contributed by atoms with Gasteiger partial charge in [-0.3, -0.25) is 0 Å². The van der Waals surface area contributed by atoms with Crippen LogP contribution >= 0.6 is 11.8 Å². The third-order valence-electron chi connectivity index (χ3n) is 4.21. The largest absolute Gasteiger partial charge is 0.335 e. The summed E-state index contributed by atoms with van der Waals surface area (Å²) in [5.41, 5.74) is 3.44. The maximum atomic E-state index is 6.22. The van der Waals surface area contributed by atoms with E-state index < -0.39 is 0 Å². The van der Waals surface area contributed by atoms with Crippen molar-refractivity contribution in [1.29, 1.82) is 0 Å². The fraction of sp³-hybridized carbons (Fsp3) is 0.100. The first-order valence-corrected chi connectivity index (χ1v) is 9.08. The third kappa shape index (κ3) is 3.10. The Balaban J connectivity index is 1.58. The maximum Gasteiger partial charge on any atom is 0.210 e. The van der Waals surface area contributed by atoms with Gasteiger partial charge in [-0.05, 0) is 23.3 Å². The number of fused-ring (bicyclic) bond motifs is 1. The molecule has 4 nitrogen and oxygen atoms in total. The van der Waals surface area contributed by atoms with Crippen LogP contribution in [0.4, 0.5) is 0 Å². The smallest absolute Gasteiger partial charge is 0.210 e. The van der Waals surface area contributed by atoms with Crippen molar-refractivity contribution in [3.8, 4) is 11.4 Å². The first kappa shape index (κ1) is 15.7. The van der Waals surface area contributed by atoms with Crippen LogP contribution in [0, 0.1) is 6.92 Å². The van der Waals surface area contributed by atoms with Crippen molar-refractivity contribution in [2.75, 3.05) is 5.84 Å². The molecule has 25 heavy (non-hydrogen) atoms. The second kappa shape index (κ2) is 6.61. The SMILES string of the molecule is Cc1ccc(-c2nnc(SCc3cccc4ccccc34)n2N)cc1. The molecule has 0 aliphatic heterocycles. The van der Waals surface area contributed by atoms with Gasteiger partial charge < -0.3 is 5.84 Å². The van der Waals surface area contributed by atoms with Gasteiger partial charge in [0.15, 0.2) is 5.82 Å². The minimum absolute atomic E-state index is 0.681. The highest BCUT2D eigenvalue weighted by molar-refractivity contribution is 7.98. The van der Waals surface area contributed by atoms with E-state index >= 15 is 0 Å². The predicted octanol–water partition coefficient (Wildman–Crippen LogP) is 4.41. The van der Waals surface area contributed by atoms with Gasteiger partial charge in [0.2, 0.25) is 5.16 Å². The van der Waals surface area contributed by atoms with Crippen LogP contribution in [0.5, 0.6) is 0 Å². The fourth-order valence-corrected chi connectivity index (χ4v) is 3.70. The van der Waals surface area contributed by atoms with E-state index in [-0.39, 0.29) is 0 Å². The average molecular weight is 346 g/mol. The highest BCUT2D eigenvalue weighted by atomic mass is 32.2. The van der Waals surface area contributed by atoms with Gasteiger partial charge in [0.25, 0.3) is 0 Å². The topological polar surface area (TPSA) is 56.7 Å². The number of nitrogens with zero attached hydrogens (tertiary/aromatic N) is 3. The molecule has 0 fully saturated rings. The van der Waals surface area contributed by atoms with Gasteiger partial charge in [0.1, 0.15) is 0 Å². The molecule has 2 N–H and O–H groups in total. The number of aryl methyl sites for hydroxylation is 1. The average Bonchev–Trinajstić information content (AvgIpc) is 3.01. The fourth-order valence-electron chi connectivity index (χ4n) is 2.84. The lowest BCUT2D eigenvalue weighted by Gasteiger charge is -2.07. The van der Waals surface area contributed by atoms with Crippen molar-refractivity contribution in [3.63, 3.8) is 0 Å². The van der Waals surface area contributed by atoms with E-state index in [0.717, 1.165) is 11.3 Å². The van der Waals surface area contributed by atoms with Crippen LogP contribution in [0.2, 0.25) is 0 Å². The summed E-state index contributed by atoms with van der Waals surface area (Å²) in [6, 6.07) is 22.9. The van der Waals surface area contributed by atoms with E-state index in [2.05, 4.69) is 59.6 Å². The molecule has 4 aromatic rings. The summed E-state index contributed by atoms with van der Waals surface area (Å²) in [5.74, 6) is 7.70. The predicted molar refractivity (Wildman–Crippen MR) is 104 cm³/mol. The summed E-state index contributed by atoms with van der Waals surface area (Å²) >= 11 is 1.60. The van der Waals surface area contributed by atoms with Gasteiger partial charge in [-0.25, -0.2) is 4.68 Å². The summed E-state index contributed by atoms with van der Waals surface area (Å²) in [7, 11) is 0. The molecule has 1 heterocycles. The summed E-state index contributed by atoms with van der Waals surface area (Å²) in [6.07, 6.45) is 0. The zero-order valence-electron chi connectivity index (χ0n) is 13.9. The van der Waals surface area contributed by atoms with E-state index in [1.165, 1.54) is 21.9 Å².